The van der Waals surface area contributed by atoms with Crippen LogP contribution in [0.4, 0.5) is 44.3 Å². The van der Waals surface area contributed by atoms with E-state index in [2.05, 4.69) is 25.9 Å². The molecule has 20 heteroatoms. The first-order valence-corrected chi connectivity index (χ1v) is 26.0. The van der Waals surface area contributed by atoms with Gasteiger partial charge >= 0.3 is 18.3 Å². The van der Waals surface area contributed by atoms with E-state index in [9.17, 15) is 41.5 Å². The first-order chi connectivity index (χ1) is 35.6. The largest absolute Gasteiger partial charge is 0.496 e. The molecule has 4 aliphatic rings. The van der Waals surface area contributed by atoms with Gasteiger partial charge in [-0.1, -0.05) is 0 Å². The summed E-state index contributed by atoms with van der Waals surface area (Å²) >= 11 is 0. The van der Waals surface area contributed by atoms with Crippen LogP contribution in [0.25, 0.3) is 10.9 Å². The van der Waals surface area contributed by atoms with Gasteiger partial charge in [-0.05, 0) is 164 Å². The number of carbonyl (C=O) groups excluding carboxylic acids is 5. The number of nitrogens with one attached hydrogen (secondary N) is 3. The summed E-state index contributed by atoms with van der Waals surface area (Å²) in [6, 6.07) is 9.84. The lowest BCUT2D eigenvalue weighted by Gasteiger charge is -2.36. The average molecular weight is 1050 g/mol. The zero-order valence-electron chi connectivity index (χ0n) is 43.5. The van der Waals surface area contributed by atoms with Crippen LogP contribution < -0.4 is 25.6 Å². The number of piperidine rings is 2. The number of benzene rings is 3. The fourth-order valence-corrected chi connectivity index (χ4v) is 10.7. The number of fused-ring (bicyclic) bond motifs is 1. The van der Waals surface area contributed by atoms with Gasteiger partial charge in [0, 0.05) is 81.0 Å². The van der Waals surface area contributed by atoms with Crippen LogP contribution in [0.15, 0.2) is 48.5 Å². The number of carbonyl (C=O) groups is 5. The third-order valence-corrected chi connectivity index (χ3v) is 14.8. The highest BCUT2D eigenvalue weighted by Crippen LogP contribution is 2.43. The van der Waals surface area contributed by atoms with Crippen molar-refractivity contribution in [2.24, 2.45) is 17.8 Å². The molecule has 8 rings (SSSR count). The van der Waals surface area contributed by atoms with Crippen molar-refractivity contribution in [2.45, 2.75) is 123 Å². The Morgan fingerprint density at radius 2 is 1.55 bits per heavy atom. The van der Waals surface area contributed by atoms with Crippen molar-refractivity contribution in [1.29, 1.82) is 0 Å². The van der Waals surface area contributed by atoms with Crippen molar-refractivity contribution in [2.75, 3.05) is 68.6 Å². The van der Waals surface area contributed by atoms with E-state index >= 15 is 0 Å². The van der Waals surface area contributed by atoms with Gasteiger partial charge in [0.25, 0.3) is 5.91 Å². The molecule has 1 aliphatic carbocycles. The van der Waals surface area contributed by atoms with Crippen LogP contribution in [0.5, 0.6) is 5.75 Å². The Morgan fingerprint density at radius 3 is 2.21 bits per heavy atom. The van der Waals surface area contributed by atoms with Gasteiger partial charge in [-0.25, -0.2) is 23.9 Å². The van der Waals surface area contributed by atoms with Crippen molar-refractivity contribution in [1.82, 2.24) is 25.1 Å². The fraction of sp³-hybridized carbons (Fsp3) is 0.545. The molecule has 1 aromatic heterocycles. The highest BCUT2D eigenvalue weighted by atomic mass is 19.4. The number of anilines is 3. The zero-order valence-corrected chi connectivity index (χ0v) is 43.5. The van der Waals surface area contributed by atoms with Crippen LogP contribution in [0.1, 0.15) is 137 Å². The number of ether oxygens (including phenoxy) is 3. The Balaban J connectivity index is 0.792. The van der Waals surface area contributed by atoms with Gasteiger partial charge in [-0.15, -0.1) is 0 Å². The lowest BCUT2D eigenvalue weighted by Crippen LogP contribution is -2.50. The van der Waals surface area contributed by atoms with Crippen LogP contribution in [0.2, 0.25) is 0 Å². The molecule has 6 amide bonds. The lowest BCUT2D eigenvalue weighted by molar-refractivity contribution is -0.138. The third kappa shape index (κ3) is 13.6. The molecule has 0 radical (unpaired) electrons. The minimum atomic E-state index is -4.68. The van der Waals surface area contributed by atoms with E-state index in [0.717, 1.165) is 80.4 Å². The van der Waals surface area contributed by atoms with Crippen molar-refractivity contribution in [3.8, 4) is 5.75 Å². The van der Waals surface area contributed by atoms with Gasteiger partial charge in [0.15, 0.2) is 0 Å². The standard InChI is InChI=1S/C55H68F4N8O8/c1-32(39-25-40(55(57,58)59)28-41(26-39)63-53(72)75-54(3,4)5)60-49-43-29-42(47(73-6)30-45(43)61-33(2)62-49)36-7-9-37(10-8-36)50(69)65-19-13-34(14-20-65)18-24-74-31-35-15-21-66(22-16-35)51(70)38-11-12-44(56)46(27-38)67-23-17-48(68)64-52(67)71/h11-12,25-30,32,34-37H,7-10,13-24,31H2,1-6H3,(H,63,72)(H,60,61,62)(H,64,68,71)/t32-,36?,37?/m1/s1. The molecule has 0 spiro atoms. The smallest absolute Gasteiger partial charge is 0.416 e. The highest BCUT2D eigenvalue weighted by Gasteiger charge is 2.35. The lowest BCUT2D eigenvalue weighted by atomic mass is 9.77. The number of aromatic nitrogens is 2. The molecule has 3 aliphatic heterocycles. The van der Waals surface area contributed by atoms with Crippen LogP contribution in [-0.2, 0) is 25.2 Å². The number of imide groups is 1. The van der Waals surface area contributed by atoms with E-state index in [1.165, 1.54) is 24.3 Å². The van der Waals surface area contributed by atoms with Crippen LogP contribution in [0.3, 0.4) is 0 Å². The summed E-state index contributed by atoms with van der Waals surface area (Å²) in [4.78, 5) is 78.0. The number of urea groups is 1. The van der Waals surface area contributed by atoms with Crippen molar-refractivity contribution in [3.05, 3.63) is 82.4 Å². The third-order valence-electron chi connectivity index (χ3n) is 14.8. The summed E-state index contributed by atoms with van der Waals surface area (Å²) in [5.41, 5.74) is 0.244. The molecular weight excluding hydrogens is 977 g/mol. The first-order valence-electron chi connectivity index (χ1n) is 26.0. The number of halogens is 4. The molecule has 75 heavy (non-hydrogen) atoms. The van der Waals surface area contributed by atoms with Crippen molar-refractivity contribution in [3.63, 3.8) is 0 Å². The number of amides is 6. The molecule has 4 heterocycles. The van der Waals surface area contributed by atoms with E-state index < -0.39 is 47.2 Å². The van der Waals surface area contributed by atoms with Crippen molar-refractivity contribution < 1.29 is 55.7 Å². The molecule has 4 fully saturated rings. The minimum absolute atomic E-state index is 0.0321. The summed E-state index contributed by atoms with van der Waals surface area (Å²) in [5, 5.41) is 8.63. The summed E-state index contributed by atoms with van der Waals surface area (Å²) < 4.78 is 74.4. The molecule has 0 unspecified atom stereocenters. The minimum Gasteiger partial charge on any atom is -0.496 e. The molecule has 16 nitrogen and oxygen atoms in total. The van der Waals surface area contributed by atoms with E-state index in [1.807, 2.05) is 17.0 Å². The molecule has 404 valence electrons. The molecule has 1 saturated carbocycles. The number of methoxy groups -OCH3 is 1. The number of rotatable bonds is 14. The van der Waals surface area contributed by atoms with E-state index in [1.54, 1.807) is 46.6 Å². The predicted molar refractivity (Wildman–Crippen MR) is 274 cm³/mol. The predicted octanol–water partition coefficient (Wildman–Crippen LogP) is 10.5. The Morgan fingerprint density at radius 1 is 0.853 bits per heavy atom. The van der Waals surface area contributed by atoms with Gasteiger partial charge in [0.2, 0.25) is 11.8 Å². The molecule has 1 atom stereocenters. The Bertz CT molecular complexity index is 2760. The normalized spacial score (nSPS) is 19.7. The summed E-state index contributed by atoms with van der Waals surface area (Å²) in [7, 11) is 1.61. The van der Waals surface area contributed by atoms with Gasteiger partial charge in [0.1, 0.15) is 28.8 Å². The number of likely N-dealkylation sites (tertiary alicyclic amines) is 2. The Labute approximate surface area is 434 Å². The molecule has 3 aromatic carbocycles. The molecule has 4 aromatic rings. The summed E-state index contributed by atoms with van der Waals surface area (Å²) in [6.45, 7) is 12.2. The maximum absolute atomic E-state index is 14.7. The molecule has 3 saturated heterocycles. The monoisotopic (exact) mass is 1040 g/mol. The summed E-state index contributed by atoms with van der Waals surface area (Å²) in [6.07, 6.45) is 1.78. The molecule has 3 N–H and O–H groups in total. The highest BCUT2D eigenvalue weighted by molar-refractivity contribution is 6.06. The van der Waals surface area contributed by atoms with E-state index in [-0.39, 0.29) is 59.1 Å². The summed E-state index contributed by atoms with van der Waals surface area (Å²) in [5.74, 6) is 1.23. The number of alkyl halides is 3. The Hall–Kier alpha value is -6.57. The van der Waals surface area contributed by atoms with Crippen molar-refractivity contribution >= 4 is 57.9 Å². The van der Waals surface area contributed by atoms with Crippen LogP contribution in [-0.4, -0.2) is 108 Å². The second-order valence-electron chi connectivity index (χ2n) is 21.4. The van der Waals surface area contributed by atoms with Gasteiger partial charge in [-0.3, -0.25) is 29.9 Å². The SMILES string of the molecule is COc1cc2nc(C)nc(N[C@H](C)c3cc(NC(=O)OC(C)(C)C)cc(C(F)(F)F)c3)c2cc1C1CCC(C(=O)N2CCC(CCOCC3CCN(C(=O)c4ccc(F)c(N5CCC(=O)NC5=O)c4)CC3)CC2)CC1. The van der Waals surface area contributed by atoms with Gasteiger partial charge in [-0.2, -0.15) is 13.2 Å². The average Bonchev–Trinajstić information content (AvgIpc) is 3.37. The second-order valence-corrected chi connectivity index (χ2v) is 21.4. The number of nitrogens with zero attached hydrogens (tertiary/aromatic N) is 5. The van der Waals surface area contributed by atoms with Crippen LogP contribution >= 0.6 is 0 Å². The zero-order chi connectivity index (χ0) is 53.8. The first kappa shape index (κ1) is 54.7. The molecular formula is C55H68F4N8O8. The Kier molecular flexibility index (Phi) is 16.9. The van der Waals surface area contributed by atoms with Gasteiger partial charge < -0.3 is 29.3 Å². The van der Waals surface area contributed by atoms with Gasteiger partial charge in [0.05, 0.1) is 29.9 Å². The number of hydrogen-bond donors (Lipinski definition) is 3. The van der Waals surface area contributed by atoms with E-state index in [0.29, 0.717) is 79.5 Å². The number of hydrogen-bond acceptors (Lipinski definition) is 11. The fourth-order valence-electron chi connectivity index (χ4n) is 10.7. The topological polar surface area (TPSA) is 185 Å². The second kappa shape index (κ2) is 23.1. The quantitative estimate of drug-likeness (QED) is 0.0806. The maximum atomic E-state index is 14.7. The van der Waals surface area contributed by atoms with E-state index in [4.69, 9.17) is 14.2 Å². The number of aryl methyl sites for hydroxylation is 1. The maximum Gasteiger partial charge on any atom is 0.416 e. The molecule has 0 bridgehead atoms. The van der Waals surface area contributed by atoms with Crippen LogP contribution in [0, 0.1) is 30.5 Å².